The van der Waals surface area contributed by atoms with E-state index < -0.39 is 10.0 Å². The Kier molecular flexibility index (Phi) is 4.60. The molecule has 1 aromatic rings. The topological polar surface area (TPSA) is 80.5 Å². The monoisotopic (exact) mass is 330 g/mol. The number of rotatable bonds is 5. The van der Waals surface area contributed by atoms with Crippen molar-refractivity contribution in [2.45, 2.75) is 44.0 Å². The first-order chi connectivity index (χ1) is 9.75. The molecule has 7 heteroatoms. The zero-order valence-corrected chi connectivity index (χ0v) is 13.7. The minimum absolute atomic E-state index is 0.0718. The van der Waals surface area contributed by atoms with Gasteiger partial charge in [0.05, 0.1) is 5.02 Å². The summed E-state index contributed by atoms with van der Waals surface area (Å²) in [5, 5.41) is 5.24. The molecule has 1 fully saturated rings. The number of hydrogen-bond donors (Lipinski definition) is 1. The first-order valence-electron chi connectivity index (χ1n) is 6.89. The van der Waals surface area contributed by atoms with Crippen LogP contribution in [0.1, 0.15) is 42.1 Å². The van der Waals surface area contributed by atoms with E-state index in [-0.39, 0.29) is 21.9 Å². The third-order valence-corrected chi connectivity index (χ3v) is 5.04. The molecule has 0 heterocycles. The lowest BCUT2D eigenvalue weighted by atomic mass is 10.1. The number of carbonyl (C=O) groups is 1. The highest BCUT2D eigenvalue weighted by Crippen LogP contribution is 2.31. The van der Waals surface area contributed by atoms with Crippen LogP contribution in [0, 0.1) is 6.92 Å². The van der Waals surface area contributed by atoms with Crippen molar-refractivity contribution in [3.8, 4) is 0 Å². The lowest BCUT2D eigenvalue weighted by Crippen LogP contribution is -2.34. The number of hydrogen-bond acceptors (Lipinski definition) is 3. The molecule has 1 aromatic carbocycles. The highest BCUT2D eigenvalue weighted by atomic mass is 35.5. The van der Waals surface area contributed by atoms with E-state index in [1.54, 1.807) is 17.9 Å². The minimum atomic E-state index is -3.96. The molecule has 1 amide bonds. The van der Waals surface area contributed by atoms with E-state index in [2.05, 4.69) is 0 Å². The normalized spacial score (nSPS) is 15.0. The number of benzene rings is 1. The quantitative estimate of drug-likeness (QED) is 0.899. The molecule has 1 saturated carbocycles. The zero-order valence-electron chi connectivity index (χ0n) is 12.1. The summed E-state index contributed by atoms with van der Waals surface area (Å²) in [7, 11) is -3.96. The van der Waals surface area contributed by atoms with E-state index in [9.17, 15) is 13.2 Å². The number of nitrogens with zero attached hydrogens (tertiary/aromatic N) is 1. The number of aryl methyl sites for hydroxylation is 1. The molecule has 0 spiro atoms. The predicted octanol–water partition coefficient (Wildman–Crippen LogP) is 2.31. The number of nitrogens with two attached hydrogens (primary N) is 1. The second-order valence-electron chi connectivity index (χ2n) is 5.38. The lowest BCUT2D eigenvalue weighted by Gasteiger charge is -2.22. The predicted molar refractivity (Wildman–Crippen MR) is 81.9 cm³/mol. The van der Waals surface area contributed by atoms with Crippen LogP contribution in [0.3, 0.4) is 0 Å². The van der Waals surface area contributed by atoms with Gasteiger partial charge in [-0.2, -0.15) is 0 Å². The molecule has 1 aliphatic rings. The average Bonchev–Trinajstić information content (AvgIpc) is 3.21. The zero-order chi connectivity index (χ0) is 15.8. The molecular formula is C14H19ClN2O3S. The summed E-state index contributed by atoms with van der Waals surface area (Å²) in [6.07, 6.45) is 2.86. The van der Waals surface area contributed by atoms with Gasteiger partial charge in [-0.3, -0.25) is 4.79 Å². The molecule has 0 aliphatic heterocycles. The maximum atomic E-state index is 12.6. The number of primary sulfonamides is 1. The van der Waals surface area contributed by atoms with E-state index >= 15 is 0 Å². The third kappa shape index (κ3) is 3.56. The highest BCUT2D eigenvalue weighted by molar-refractivity contribution is 7.89. The Hall–Kier alpha value is -1.11. The Morgan fingerprint density at radius 2 is 2.05 bits per heavy atom. The summed E-state index contributed by atoms with van der Waals surface area (Å²) in [6, 6.07) is 3.16. The highest BCUT2D eigenvalue weighted by Gasteiger charge is 2.33. The molecule has 2 N–H and O–H groups in total. The second-order valence-corrected chi connectivity index (χ2v) is 7.29. The van der Waals surface area contributed by atoms with Crippen LogP contribution in [0.15, 0.2) is 17.0 Å². The van der Waals surface area contributed by atoms with Gasteiger partial charge in [-0.1, -0.05) is 18.5 Å². The summed E-state index contributed by atoms with van der Waals surface area (Å²) in [4.78, 5) is 14.2. The lowest BCUT2D eigenvalue weighted by molar-refractivity contribution is 0.0743. The molecule has 1 aliphatic carbocycles. The van der Waals surface area contributed by atoms with Crippen molar-refractivity contribution in [3.05, 3.63) is 28.3 Å². The number of amides is 1. The van der Waals surface area contributed by atoms with Crippen LogP contribution in [0.5, 0.6) is 0 Å². The van der Waals surface area contributed by atoms with Crippen molar-refractivity contribution in [2.75, 3.05) is 6.54 Å². The maximum Gasteiger partial charge on any atom is 0.254 e. The van der Waals surface area contributed by atoms with Crippen LogP contribution in [0.25, 0.3) is 0 Å². The third-order valence-electron chi connectivity index (χ3n) is 3.49. The fraction of sp³-hybridized carbons (Fsp3) is 0.500. The fourth-order valence-electron chi connectivity index (χ4n) is 2.31. The average molecular weight is 331 g/mol. The number of halogens is 1. The van der Waals surface area contributed by atoms with Gasteiger partial charge < -0.3 is 4.90 Å². The molecule has 0 bridgehead atoms. The van der Waals surface area contributed by atoms with Crippen molar-refractivity contribution in [2.24, 2.45) is 5.14 Å². The fourth-order valence-corrected chi connectivity index (χ4v) is 3.44. The summed E-state index contributed by atoms with van der Waals surface area (Å²) in [6.45, 7) is 4.33. The van der Waals surface area contributed by atoms with Crippen LogP contribution in [-0.2, 0) is 10.0 Å². The SMILES string of the molecule is CCCN(C(=O)c1cc(C)c(Cl)c(S(N)(=O)=O)c1)C1CC1. The molecule has 116 valence electrons. The first kappa shape index (κ1) is 16.3. The standard InChI is InChI=1S/C14H19ClN2O3S/c1-3-6-17(11-4-5-11)14(18)10-7-9(2)13(15)12(8-10)21(16,19)20/h7-8,11H,3-6H2,1-2H3,(H2,16,19,20). The number of sulfonamides is 1. The molecule has 0 saturated heterocycles. The van der Waals surface area contributed by atoms with E-state index in [0.717, 1.165) is 19.3 Å². The van der Waals surface area contributed by atoms with Crippen LogP contribution >= 0.6 is 11.6 Å². The molecule has 0 atom stereocenters. The largest absolute Gasteiger partial charge is 0.336 e. The van der Waals surface area contributed by atoms with Crippen molar-refractivity contribution >= 4 is 27.5 Å². The summed E-state index contributed by atoms with van der Waals surface area (Å²) < 4.78 is 23.2. The Bertz CT molecular complexity index is 669. The van der Waals surface area contributed by atoms with Gasteiger partial charge in [-0.25, -0.2) is 13.6 Å². The van der Waals surface area contributed by atoms with Crippen molar-refractivity contribution in [1.82, 2.24) is 4.90 Å². The Labute approximate surface area is 130 Å². The van der Waals surface area contributed by atoms with Gasteiger partial charge in [-0.15, -0.1) is 0 Å². The van der Waals surface area contributed by atoms with Crippen molar-refractivity contribution in [1.29, 1.82) is 0 Å². The van der Waals surface area contributed by atoms with Crippen molar-refractivity contribution in [3.63, 3.8) is 0 Å². The van der Waals surface area contributed by atoms with E-state index in [1.807, 2.05) is 6.92 Å². The van der Waals surface area contributed by atoms with Crippen LogP contribution < -0.4 is 5.14 Å². The summed E-state index contributed by atoms with van der Waals surface area (Å²) >= 11 is 5.99. The molecule has 0 radical (unpaired) electrons. The molecular weight excluding hydrogens is 312 g/mol. The summed E-state index contributed by atoms with van der Waals surface area (Å²) in [5.74, 6) is -0.163. The Balaban J connectivity index is 2.44. The maximum absolute atomic E-state index is 12.6. The van der Waals surface area contributed by atoms with Gasteiger partial charge in [0.25, 0.3) is 5.91 Å². The molecule has 21 heavy (non-hydrogen) atoms. The summed E-state index contributed by atoms with van der Waals surface area (Å²) in [5.41, 5.74) is 0.847. The number of carbonyl (C=O) groups excluding carboxylic acids is 1. The van der Waals surface area contributed by atoms with Crippen LogP contribution in [0.2, 0.25) is 5.02 Å². The van der Waals surface area contributed by atoms with Gasteiger partial charge in [-0.05, 0) is 43.9 Å². The van der Waals surface area contributed by atoms with Gasteiger partial charge in [0, 0.05) is 18.2 Å². The minimum Gasteiger partial charge on any atom is -0.336 e. The van der Waals surface area contributed by atoms with Crippen LogP contribution in [0.4, 0.5) is 0 Å². The van der Waals surface area contributed by atoms with Gasteiger partial charge >= 0.3 is 0 Å². The molecule has 0 unspecified atom stereocenters. The van der Waals surface area contributed by atoms with Gasteiger partial charge in [0.1, 0.15) is 4.90 Å². The first-order valence-corrected chi connectivity index (χ1v) is 8.82. The smallest absolute Gasteiger partial charge is 0.254 e. The molecule has 5 nitrogen and oxygen atoms in total. The molecule has 2 rings (SSSR count). The Morgan fingerprint density at radius 3 is 2.52 bits per heavy atom. The Morgan fingerprint density at radius 1 is 1.43 bits per heavy atom. The van der Waals surface area contributed by atoms with E-state index in [0.29, 0.717) is 17.7 Å². The second kappa shape index (κ2) is 5.94. The van der Waals surface area contributed by atoms with Crippen LogP contribution in [-0.4, -0.2) is 31.8 Å². The van der Waals surface area contributed by atoms with E-state index in [4.69, 9.17) is 16.7 Å². The van der Waals surface area contributed by atoms with Crippen molar-refractivity contribution < 1.29 is 13.2 Å². The van der Waals surface area contributed by atoms with E-state index in [1.165, 1.54) is 6.07 Å². The van der Waals surface area contributed by atoms with Gasteiger partial charge in [0.2, 0.25) is 10.0 Å². The molecule has 0 aromatic heterocycles. The van der Waals surface area contributed by atoms with Gasteiger partial charge in [0.15, 0.2) is 0 Å².